The standard InChI is InChI=1S/C36H46N4O8/c1-3-45-33(41)23-31-29(19-11-13-21-37-35(43)47-25-27-15-7-5-8-16-27)40-32(24-34(42)46-4-2)30(39-31)20-12-14-22-38-36(44)48-26-28-17-9-6-10-18-28/h5-10,15-18H,3-4,11-14,19-26H2,1-2H3,(H,37,43)(H,38,44). The first kappa shape index (κ1) is 37.5. The number of unbranched alkanes of at least 4 members (excludes halogenated alkanes) is 2. The smallest absolute Gasteiger partial charge is 0.407 e. The van der Waals surface area contributed by atoms with E-state index >= 15 is 0 Å². The van der Waals surface area contributed by atoms with Crippen molar-refractivity contribution in [3.8, 4) is 0 Å². The fourth-order valence-electron chi connectivity index (χ4n) is 4.73. The molecule has 1 aromatic heterocycles. The molecule has 3 rings (SSSR count). The Morgan fingerprint density at radius 3 is 1.31 bits per heavy atom. The summed E-state index contributed by atoms with van der Waals surface area (Å²) in [5.41, 5.74) is 3.99. The van der Waals surface area contributed by atoms with Gasteiger partial charge >= 0.3 is 24.1 Å². The van der Waals surface area contributed by atoms with E-state index in [1.807, 2.05) is 60.7 Å². The zero-order valence-electron chi connectivity index (χ0n) is 27.8. The number of ether oxygens (including phenoxy) is 4. The lowest BCUT2D eigenvalue weighted by atomic mass is 10.1. The highest BCUT2D eigenvalue weighted by Crippen LogP contribution is 2.17. The molecule has 0 fully saturated rings. The second kappa shape index (κ2) is 21.7. The number of alkyl carbamates (subject to hydrolysis) is 2. The molecule has 0 unspecified atom stereocenters. The van der Waals surface area contributed by atoms with Crippen LogP contribution in [-0.4, -0.2) is 60.4 Å². The van der Waals surface area contributed by atoms with Gasteiger partial charge < -0.3 is 29.6 Å². The van der Waals surface area contributed by atoms with Crippen molar-refractivity contribution in [1.82, 2.24) is 20.6 Å². The molecule has 48 heavy (non-hydrogen) atoms. The van der Waals surface area contributed by atoms with Crippen molar-refractivity contribution in [3.05, 3.63) is 94.6 Å². The topological polar surface area (TPSA) is 155 Å². The normalized spacial score (nSPS) is 10.5. The number of carbonyl (C=O) groups excluding carboxylic acids is 4. The number of aryl methyl sites for hydroxylation is 2. The largest absolute Gasteiger partial charge is 0.466 e. The van der Waals surface area contributed by atoms with E-state index < -0.39 is 24.1 Å². The Kier molecular flexibility index (Phi) is 17.0. The fourth-order valence-corrected chi connectivity index (χ4v) is 4.73. The summed E-state index contributed by atoms with van der Waals surface area (Å²) in [6.07, 6.45) is 2.42. The summed E-state index contributed by atoms with van der Waals surface area (Å²) in [4.78, 5) is 58.7. The highest BCUT2D eigenvalue weighted by Gasteiger charge is 2.19. The van der Waals surface area contributed by atoms with Gasteiger partial charge in [0.2, 0.25) is 0 Å². The van der Waals surface area contributed by atoms with Gasteiger partial charge in [0, 0.05) is 13.1 Å². The number of carbonyl (C=O) groups is 4. The molecule has 0 aliphatic rings. The minimum Gasteiger partial charge on any atom is -0.466 e. The van der Waals surface area contributed by atoms with E-state index in [1.165, 1.54) is 0 Å². The number of aromatic nitrogens is 2. The van der Waals surface area contributed by atoms with Gasteiger partial charge in [0.25, 0.3) is 0 Å². The molecule has 12 heteroatoms. The fraction of sp³-hybridized carbons (Fsp3) is 0.444. The first-order valence-electron chi connectivity index (χ1n) is 16.5. The minimum absolute atomic E-state index is 0.0538. The van der Waals surface area contributed by atoms with Crippen molar-refractivity contribution < 1.29 is 38.1 Å². The molecule has 0 atom stereocenters. The number of nitrogens with zero attached hydrogens (tertiary/aromatic N) is 2. The van der Waals surface area contributed by atoms with Crippen LogP contribution in [-0.2, 0) is 67.4 Å². The first-order chi connectivity index (χ1) is 23.4. The van der Waals surface area contributed by atoms with Gasteiger partial charge in [-0.15, -0.1) is 0 Å². The summed E-state index contributed by atoms with van der Waals surface area (Å²) < 4.78 is 20.9. The number of esters is 2. The third-order valence-corrected chi connectivity index (χ3v) is 7.09. The van der Waals surface area contributed by atoms with Gasteiger partial charge in [0.05, 0.1) is 48.8 Å². The summed E-state index contributed by atoms with van der Waals surface area (Å²) in [7, 11) is 0. The average Bonchev–Trinajstić information content (AvgIpc) is 3.08. The van der Waals surface area contributed by atoms with Gasteiger partial charge in [-0.1, -0.05) is 60.7 Å². The van der Waals surface area contributed by atoms with E-state index in [9.17, 15) is 19.2 Å². The summed E-state index contributed by atoms with van der Waals surface area (Å²) >= 11 is 0. The van der Waals surface area contributed by atoms with Crippen LogP contribution in [0, 0.1) is 0 Å². The van der Waals surface area contributed by atoms with Crippen LogP contribution in [0.4, 0.5) is 9.59 Å². The van der Waals surface area contributed by atoms with E-state index in [0.29, 0.717) is 74.4 Å². The summed E-state index contributed by atoms with van der Waals surface area (Å²) in [6, 6.07) is 18.9. The van der Waals surface area contributed by atoms with Crippen molar-refractivity contribution in [2.24, 2.45) is 0 Å². The Morgan fingerprint density at radius 2 is 0.938 bits per heavy atom. The molecule has 12 nitrogen and oxygen atoms in total. The highest BCUT2D eigenvalue weighted by atomic mass is 16.6. The van der Waals surface area contributed by atoms with E-state index in [-0.39, 0.29) is 39.3 Å². The van der Waals surface area contributed by atoms with Crippen LogP contribution < -0.4 is 10.6 Å². The lowest BCUT2D eigenvalue weighted by Gasteiger charge is -2.15. The van der Waals surface area contributed by atoms with Gasteiger partial charge in [-0.2, -0.15) is 0 Å². The quantitative estimate of drug-likeness (QED) is 0.0939. The van der Waals surface area contributed by atoms with E-state index in [2.05, 4.69) is 10.6 Å². The predicted octanol–water partition coefficient (Wildman–Crippen LogP) is 5.19. The van der Waals surface area contributed by atoms with Crippen molar-refractivity contribution in [2.75, 3.05) is 26.3 Å². The predicted molar refractivity (Wildman–Crippen MR) is 178 cm³/mol. The van der Waals surface area contributed by atoms with Gasteiger partial charge in [0.15, 0.2) is 0 Å². The van der Waals surface area contributed by atoms with Crippen molar-refractivity contribution in [3.63, 3.8) is 0 Å². The first-order valence-corrected chi connectivity index (χ1v) is 16.5. The van der Waals surface area contributed by atoms with Gasteiger partial charge in [-0.25, -0.2) is 9.59 Å². The number of benzene rings is 2. The van der Waals surface area contributed by atoms with Crippen molar-refractivity contribution in [1.29, 1.82) is 0 Å². The number of hydrogen-bond donors (Lipinski definition) is 2. The minimum atomic E-state index is -0.498. The molecule has 0 bridgehead atoms. The second-order valence-electron chi connectivity index (χ2n) is 10.9. The molecule has 2 amide bonds. The van der Waals surface area contributed by atoms with Crippen LogP contribution in [0.5, 0.6) is 0 Å². The lowest BCUT2D eigenvalue weighted by Crippen LogP contribution is -2.25. The molecular formula is C36H46N4O8. The van der Waals surface area contributed by atoms with Crippen LogP contribution in [0.25, 0.3) is 0 Å². The van der Waals surface area contributed by atoms with Crippen LogP contribution >= 0.6 is 0 Å². The average molecular weight is 663 g/mol. The Morgan fingerprint density at radius 1 is 0.542 bits per heavy atom. The van der Waals surface area contributed by atoms with E-state index in [0.717, 1.165) is 11.1 Å². The third-order valence-electron chi connectivity index (χ3n) is 7.09. The molecule has 2 aromatic carbocycles. The van der Waals surface area contributed by atoms with Gasteiger partial charge in [0.1, 0.15) is 13.2 Å². The zero-order chi connectivity index (χ0) is 34.4. The Hall–Kier alpha value is -5.00. The molecule has 258 valence electrons. The Labute approximate surface area is 281 Å². The maximum atomic E-state index is 12.5. The molecule has 2 N–H and O–H groups in total. The third kappa shape index (κ3) is 14.6. The number of hydrogen-bond acceptors (Lipinski definition) is 10. The molecule has 0 saturated heterocycles. The van der Waals surface area contributed by atoms with Crippen LogP contribution in [0.2, 0.25) is 0 Å². The number of rotatable bonds is 20. The second-order valence-corrected chi connectivity index (χ2v) is 10.9. The number of amides is 2. The van der Waals surface area contributed by atoms with Crippen LogP contribution in [0.3, 0.4) is 0 Å². The molecule has 0 spiro atoms. The molecule has 3 aromatic rings. The highest BCUT2D eigenvalue weighted by molar-refractivity contribution is 5.73. The van der Waals surface area contributed by atoms with Crippen LogP contribution in [0.1, 0.15) is 73.4 Å². The van der Waals surface area contributed by atoms with Crippen molar-refractivity contribution in [2.45, 2.75) is 78.4 Å². The Bertz CT molecular complexity index is 1330. The van der Waals surface area contributed by atoms with Gasteiger partial charge in [-0.05, 0) is 63.5 Å². The summed E-state index contributed by atoms with van der Waals surface area (Å²) in [5, 5.41) is 5.50. The summed E-state index contributed by atoms with van der Waals surface area (Å²) in [6.45, 7) is 5.12. The molecule has 0 saturated carbocycles. The molecule has 0 radical (unpaired) electrons. The van der Waals surface area contributed by atoms with Gasteiger partial charge in [-0.3, -0.25) is 19.6 Å². The lowest BCUT2D eigenvalue weighted by molar-refractivity contribution is -0.143. The van der Waals surface area contributed by atoms with E-state index in [1.54, 1.807) is 13.8 Å². The monoisotopic (exact) mass is 662 g/mol. The zero-order valence-corrected chi connectivity index (χ0v) is 27.8. The van der Waals surface area contributed by atoms with Crippen molar-refractivity contribution >= 4 is 24.1 Å². The summed E-state index contributed by atoms with van der Waals surface area (Å²) in [5.74, 6) is -0.837. The number of nitrogens with one attached hydrogen (secondary N) is 2. The molecule has 0 aliphatic heterocycles. The molecule has 1 heterocycles. The van der Waals surface area contributed by atoms with Crippen LogP contribution in [0.15, 0.2) is 60.7 Å². The Balaban J connectivity index is 1.57. The molecule has 0 aliphatic carbocycles. The maximum absolute atomic E-state index is 12.5. The SMILES string of the molecule is CCOC(=O)Cc1nc(CCCCNC(=O)OCc2ccccc2)c(CC(=O)OCC)nc1CCCCNC(=O)OCc1ccccc1. The van der Waals surface area contributed by atoms with E-state index in [4.69, 9.17) is 28.9 Å². The maximum Gasteiger partial charge on any atom is 0.407 e. The molecular weight excluding hydrogens is 616 g/mol.